The third-order valence-corrected chi connectivity index (χ3v) is 5.26. The number of hydrogen-bond donors (Lipinski definition) is 1. The lowest BCUT2D eigenvalue weighted by atomic mass is 9.77. The van der Waals surface area contributed by atoms with Gasteiger partial charge in [-0.3, -0.25) is 4.79 Å². The van der Waals surface area contributed by atoms with Crippen LogP contribution in [0.3, 0.4) is 0 Å². The third kappa shape index (κ3) is 2.54. The first-order valence-corrected chi connectivity index (χ1v) is 8.83. The molecule has 3 atom stereocenters. The predicted octanol–water partition coefficient (Wildman–Crippen LogP) is 3.15. The van der Waals surface area contributed by atoms with Crippen LogP contribution in [-0.2, 0) is 4.79 Å². The van der Waals surface area contributed by atoms with Crippen LogP contribution in [0.15, 0.2) is 65.2 Å². The zero-order chi connectivity index (χ0) is 18.4. The molecule has 0 saturated heterocycles. The molecule has 2 aliphatic rings. The maximum Gasteiger partial charge on any atom is 0.226 e. The predicted molar refractivity (Wildman–Crippen MR) is 97.4 cm³/mol. The Morgan fingerprint density at radius 1 is 1.26 bits per heavy atom. The highest BCUT2D eigenvalue weighted by molar-refractivity contribution is 5.88. The first kappa shape index (κ1) is 15.9. The fourth-order valence-corrected chi connectivity index (χ4v) is 4.00. The number of ketones is 1. The number of hydrogen-bond acceptors (Lipinski definition) is 6. The number of benzene rings is 1. The molecule has 0 unspecified atom stereocenters. The van der Waals surface area contributed by atoms with Crippen LogP contribution in [0.1, 0.15) is 29.7 Å². The minimum absolute atomic E-state index is 0.0720. The van der Waals surface area contributed by atoms with Crippen molar-refractivity contribution in [2.45, 2.75) is 18.4 Å². The summed E-state index contributed by atoms with van der Waals surface area (Å²) in [6.07, 6.45) is 5.63. The van der Waals surface area contributed by atoms with Gasteiger partial charge in [0.1, 0.15) is 23.6 Å². The number of nitrogens with one attached hydrogen (secondary N) is 1. The summed E-state index contributed by atoms with van der Waals surface area (Å²) < 4.78 is 12.6. The Hall–Kier alpha value is -3.35. The van der Waals surface area contributed by atoms with E-state index in [-0.39, 0.29) is 23.7 Å². The van der Waals surface area contributed by atoms with E-state index in [0.29, 0.717) is 12.4 Å². The summed E-state index contributed by atoms with van der Waals surface area (Å²) in [7, 11) is 1.63. The van der Waals surface area contributed by atoms with Gasteiger partial charge in [-0.25, -0.2) is 4.68 Å². The Morgan fingerprint density at radius 2 is 2.11 bits per heavy atom. The molecular weight excluding hydrogens is 344 g/mol. The Kier molecular flexibility index (Phi) is 3.60. The van der Waals surface area contributed by atoms with Gasteiger partial charge >= 0.3 is 0 Å². The fraction of sp³-hybridized carbons (Fsp3) is 0.250. The summed E-state index contributed by atoms with van der Waals surface area (Å²) in [6.45, 7) is 0. The molecule has 3 heterocycles. The minimum Gasteiger partial charge on any atom is -0.497 e. The van der Waals surface area contributed by atoms with Crippen LogP contribution in [-0.4, -0.2) is 27.7 Å². The monoisotopic (exact) mass is 362 g/mol. The van der Waals surface area contributed by atoms with Crippen LogP contribution >= 0.6 is 0 Å². The number of carbonyl (C=O) groups excluding carboxylic acids is 1. The first-order valence-electron chi connectivity index (χ1n) is 8.83. The largest absolute Gasteiger partial charge is 0.497 e. The summed E-state index contributed by atoms with van der Waals surface area (Å²) >= 11 is 0. The van der Waals surface area contributed by atoms with Gasteiger partial charge in [-0.1, -0.05) is 18.2 Å². The van der Waals surface area contributed by atoms with Gasteiger partial charge in [0.2, 0.25) is 5.95 Å². The molecule has 7 nitrogen and oxygen atoms in total. The van der Waals surface area contributed by atoms with Crippen molar-refractivity contribution in [3.05, 3.63) is 72.1 Å². The number of rotatable bonds is 3. The number of nitrogens with zero attached hydrogens (tertiary/aromatic N) is 3. The number of aromatic nitrogens is 3. The normalized spacial score (nSPS) is 23.8. The summed E-state index contributed by atoms with van der Waals surface area (Å²) in [5.41, 5.74) is 1.85. The molecule has 5 rings (SSSR count). The van der Waals surface area contributed by atoms with E-state index in [1.807, 2.05) is 36.4 Å². The molecule has 1 N–H and O–H groups in total. The first-order chi connectivity index (χ1) is 13.2. The van der Waals surface area contributed by atoms with Crippen LogP contribution in [0, 0.1) is 5.92 Å². The molecule has 1 aliphatic carbocycles. The van der Waals surface area contributed by atoms with Gasteiger partial charge in [0, 0.05) is 18.0 Å². The second kappa shape index (κ2) is 6.12. The average Bonchev–Trinajstić information content (AvgIpc) is 3.38. The van der Waals surface area contributed by atoms with Gasteiger partial charge in [-0.15, -0.1) is 0 Å². The molecule has 7 heteroatoms. The number of furan rings is 1. The second-order valence-corrected chi connectivity index (χ2v) is 6.76. The maximum atomic E-state index is 13.2. The van der Waals surface area contributed by atoms with Gasteiger partial charge in [-0.2, -0.15) is 10.1 Å². The molecule has 0 spiro atoms. The number of ether oxygens (including phenoxy) is 1. The number of fused-ring (bicyclic) bond motifs is 2. The minimum atomic E-state index is -0.334. The molecule has 1 aromatic carbocycles. The summed E-state index contributed by atoms with van der Waals surface area (Å²) in [6, 6.07) is 11.3. The molecule has 0 radical (unpaired) electrons. The van der Waals surface area contributed by atoms with Gasteiger partial charge in [0.25, 0.3) is 0 Å². The number of Topliss-reactive ketones (excluding diaryl/α,β-unsaturated/α-hetero) is 1. The Bertz CT molecular complexity index is 1000. The maximum absolute atomic E-state index is 13.2. The lowest BCUT2D eigenvalue weighted by Crippen LogP contribution is -2.40. The Balaban J connectivity index is 1.60. The lowest BCUT2D eigenvalue weighted by Gasteiger charge is -2.37. The fourth-order valence-electron chi connectivity index (χ4n) is 4.00. The summed E-state index contributed by atoms with van der Waals surface area (Å²) in [5.74, 6) is 1.95. The zero-order valence-electron chi connectivity index (χ0n) is 14.7. The molecule has 0 amide bonds. The van der Waals surface area contributed by atoms with E-state index in [1.165, 1.54) is 6.33 Å². The van der Waals surface area contributed by atoms with E-state index in [9.17, 15) is 4.79 Å². The van der Waals surface area contributed by atoms with Crippen LogP contribution < -0.4 is 10.1 Å². The number of allylic oxidation sites excluding steroid dienone is 2. The van der Waals surface area contributed by atoms with Crippen molar-refractivity contribution < 1.29 is 13.9 Å². The molecule has 3 aromatic rings. The summed E-state index contributed by atoms with van der Waals surface area (Å²) in [5, 5.41) is 7.65. The number of methoxy groups -OCH3 is 1. The van der Waals surface area contributed by atoms with E-state index in [4.69, 9.17) is 9.15 Å². The van der Waals surface area contributed by atoms with Gasteiger partial charge in [0.15, 0.2) is 0 Å². The quantitative estimate of drug-likeness (QED) is 0.771. The van der Waals surface area contributed by atoms with Crippen LogP contribution in [0.25, 0.3) is 0 Å². The number of anilines is 1. The van der Waals surface area contributed by atoms with E-state index >= 15 is 0 Å². The average molecular weight is 362 g/mol. The van der Waals surface area contributed by atoms with Crippen LogP contribution in [0.4, 0.5) is 5.95 Å². The molecule has 1 aliphatic heterocycles. The smallest absolute Gasteiger partial charge is 0.226 e. The molecule has 0 bridgehead atoms. The van der Waals surface area contributed by atoms with Crippen LogP contribution in [0.5, 0.6) is 5.75 Å². The molecule has 136 valence electrons. The van der Waals surface area contributed by atoms with E-state index < -0.39 is 0 Å². The molecule has 27 heavy (non-hydrogen) atoms. The van der Waals surface area contributed by atoms with E-state index in [2.05, 4.69) is 21.5 Å². The van der Waals surface area contributed by atoms with Crippen LogP contribution in [0.2, 0.25) is 0 Å². The third-order valence-electron chi connectivity index (χ3n) is 5.26. The van der Waals surface area contributed by atoms with Gasteiger partial charge < -0.3 is 14.5 Å². The van der Waals surface area contributed by atoms with Gasteiger partial charge in [-0.05, 0) is 29.8 Å². The van der Waals surface area contributed by atoms with Crippen molar-refractivity contribution in [3.8, 4) is 5.75 Å². The summed E-state index contributed by atoms with van der Waals surface area (Å²) in [4.78, 5) is 17.5. The van der Waals surface area contributed by atoms with Crippen molar-refractivity contribution in [2.75, 3.05) is 12.4 Å². The van der Waals surface area contributed by atoms with Gasteiger partial charge in [0.05, 0.1) is 25.3 Å². The Morgan fingerprint density at radius 3 is 2.85 bits per heavy atom. The Labute approximate surface area is 155 Å². The topological polar surface area (TPSA) is 82.2 Å². The zero-order valence-corrected chi connectivity index (χ0v) is 14.7. The SMILES string of the molecule is COc1ccc([C@@H]2[C@H]3C(=O)C[C@@H](c4ccco4)C=C3Nc3ncnn32)cc1. The van der Waals surface area contributed by atoms with E-state index in [0.717, 1.165) is 22.8 Å². The van der Waals surface area contributed by atoms with Crippen molar-refractivity contribution in [1.29, 1.82) is 0 Å². The van der Waals surface area contributed by atoms with Crippen molar-refractivity contribution in [1.82, 2.24) is 14.8 Å². The van der Waals surface area contributed by atoms with Crippen molar-refractivity contribution >= 4 is 11.7 Å². The highest BCUT2D eigenvalue weighted by Crippen LogP contribution is 2.44. The van der Waals surface area contributed by atoms with E-state index in [1.54, 1.807) is 18.1 Å². The highest BCUT2D eigenvalue weighted by Gasteiger charge is 2.43. The van der Waals surface area contributed by atoms with Crippen molar-refractivity contribution in [3.63, 3.8) is 0 Å². The second-order valence-electron chi connectivity index (χ2n) is 6.76. The molecule has 0 fully saturated rings. The standard InChI is InChI=1S/C20H18N4O3/c1-26-14-6-4-12(5-7-14)19-18-15(23-20-21-11-22-24(19)20)9-13(10-16(18)25)17-3-2-8-27-17/h2-9,11,13,18-19H,10H2,1H3,(H,21,22,23)/t13-,18+,19+/m0/s1. The molecule has 2 aromatic heterocycles. The lowest BCUT2D eigenvalue weighted by molar-refractivity contribution is -0.123. The highest BCUT2D eigenvalue weighted by atomic mass is 16.5. The molecule has 0 saturated carbocycles. The van der Waals surface area contributed by atoms with Crippen molar-refractivity contribution in [2.24, 2.45) is 5.92 Å². The molecular formula is C20H18N4O3. The number of carbonyl (C=O) groups is 1.